The molecule has 0 aliphatic heterocycles. The Hall–Kier alpha value is -2.04. The predicted octanol–water partition coefficient (Wildman–Crippen LogP) is 7.08. The fourth-order valence-electron chi connectivity index (χ4n) is 3.84. The van der Waals surface area contributed by atoms with E-state index in [0.29, 0.717) is 17.0 Å². The molecule has 1 atom stereocenters. The maximum atomic E-state index is 14.7. The highest BCUT2D eigenvalue weighted by Crippen LogP contribution is 2.34. The van der Waals surface area contributed by atoms with Gasteiger partial charge in [-0.1, -0.05) is 44.7 Å². The van der Waals surface area contributed by atoms with Gasteiger partial charge in [0.15, 0.2) is 0 Å². The third kappa shape index (κ3) is 5.24. The van der Waals surface area contributed by atoms with E-state index in [-0.39, 0.29) is 11.6 Å². The van der Waals surface area contributed by atoms with Gasteiger partial charge in [-0.2, -0.15) is 0 Å². The predicted molar refractivity (Wildman–Crippen MR) is 98.2 cm³/mol. The molecule has 146 valence electrons. The summed E-state index contributed by atoms with van der Waals surface area (Å²) in [6, 6.07) is 8.81. The van der Waals surface area contributed by atoms with Crippen LogP contribution in [0.5, 0.6) is 5.75 Å². The summed E-state index contributed by atoms with van der Waals surface area (Å²) in [5.74, 6) is -0.0138. The molecule has 1 aliphatic rings. The van der Waals surface area contributed by atoms with Crippen molar-refractivity contribution in [3.8, 4) is 16.9 Å². The lowest BCUT2D eigenvalue weighted by Crippen LogP contribution is -2.17. The molecule has 1 aliphatic carbocycles. The van der Waals surface area contributed by atoms with Crippen LogP contribution in [0.1, 0.15) is 50.2 Å². The Morgan fingerprint density at radius 3 is 2.44 bits per heavy atom. The Labute approximate surface area is 157 Å². The molecule has 5 heteroatoms. The van der Waals surface area contributed by atoms with Gasteiger partial charge < -0.3 is 4.74 Å². The number of hydrogen-bond donors (Lipinski definition) is 0. The largest absolute Gasteiger partial charge is 0.573 e. The van der Waals surface area contributed by atoms with Crippen molar-refractivity contribution < 1.29 is 22.3 Å². The molecule has 0 N–H and O–H groups in total. The zero-order valence-electron chi connectivity index (χ0n) is 15.4. The molecule has 0 spiro atoms. The topological polar surface area (TPSA) is 9.23 Å². The minimum atomic E-state index is -4.73. The van der Waals surface area contributed by atoms with E-state index >= 15 is 0 Å². The second-order valence-electron chi connectivity index (χ2n) is 7.28. The van der Waals surface area contributed by atoms with Crippen molar-refractivity contribution in [2.45, 2.75) is 58.2 Å². The highest BCUT2D eigenvalue weighted by atomic mass is 19.4. The summed E-state index contributed by atoms with van der Waals surface area (Å²) in [6.45, 7) is 2.19. The lowest BCUT2D eigenvalue weighted by atomic mass is 9.80. The molecule has 3 rings (SSSR count). The third-order valence-electron chi connectivity index (χ3n) is 5.23. The zero-order chi connectivity index (χ0) is 19.4. The number of rotatable bonds is 6. The fourth-order valence-corrected chi connectivity index (χ4v) is 3.84. The van der Waals surface area contributed by atoms with E-state index in [1.165, 1.54) is 49.9 Å². The van der Waals surface area contributed by atoms with Crippen LogP contribution < -0.4 is 4.74 Å². The smallest absolute Gasteiger partial charge is 0.406 e. The van der Waals surface area contributed by atoms with E-state index in [4.69, 9.17) is 0 Å². The van der Waals surface area contributed by atoms with Gasteiger partial charge in [0.25, 0.3) is 0 Å². The van der Waals surface area contributed by atoms with Crippen molar-refractivity contribution >= 4 is 0 Å². The van der Waals surface area contributed by atoms with Crippen LogP contribution in [0.2, 0.25) is 0 Å². The summed E-state index contributed by atoms with van der Waals surface area (Å²) in [5, 5.41) is 0. The van der Waals surface area contributed by atoms with Crippen molar-refractivity contribution in [3.63, 3.8) is 0 Å². The van der Waals surface area contributed by atoms with Crippen molar-refractivity contribution in [1.82, 2.24) is 0 Å². The molecule has 27 heavy (non-hydrogen) atoms. The molecule has 0 bridgehead atoms. The molecule has 0 amide bonds. The number of unbranched alkanes of at least 4 members (excludes halogenated alkanes) is 2. The molecular formula is C22H24F4O. The summed E-state index contributed by atoms with van der Waals surface area (Å²) in [6.07, 6.45) is 3.08. The van der Waals surface area contributed by atoms with E-state index < -0.39 is 6.36 Å². The summed E-state index contributed by atoms with van der Waals surface area (Å²) in [4.78, 5) is 0. The van der Waals surface area contributed by atoms with Crippen molar-refractivity contribution in [1.29, 1.82) is 0 Å². The highest BCUT2D eigenvalue weighted by Gasteiger charge is 2.31. The first-order valence-corrected chi connectivity index (χ1v) is 9.53. The number of hydrogen-bond acceptors (Lipinski definition) is 1. The second-order valence-corrected chi connectivity index (χ2v) is 7.28. The first-order valence-electron chi connectivity index (χ1n) is 9.53. The zero-order valence-corrected chi connectivity index (χ0v) is 15.4. The molecule has 0 saturated heterocycles. The van der Waals surface area contributed by atoms with Crippen LogP contribution >= 0.6 is 0 Å². The number of ether oxygens (including phenoxy) is 1. The Bertz CT molecular complexity index is 765. The van der Waals surface area contributed by atoms with Gasteiger partial charge in [0.1, 0.15) is 11.6 Å². The fraction of sp³-hybridized carbons (Fsp3) is 0.455. The number of aryl methyl sites for hydroxylation is 1. The van der Waals surface area contributed by atoms with Gasteiger partial charge in [-0.05, 0) is 66.1 Å². The summed E-state index contributed by atoms with van der Waals surface area (Å²) in [7, 11) is 0. The normalized spacial score (nSPS) is 16.9. The first kappa shape index (κ1) is 19.7. The maximum Gasteiger partial charge on any atom is 0.573 e. The van der Waals surface area contributed by atoms with Crippen LogP contribution in [0, 0.1) is 11.7 Å². The summed E-state index contributed by atoms with van der Waals surface area (Å²) < 4.78 is 55.3. The van der Waals surface area contributed by atoms with Crippen LogP contribution in [0.3, 0.4) is 0 Å². The van der Waals surface area contributed by atoms with E-state index in [1.54, 1.807) is 6.07 Å². The van der Waals surface area contributed by atoms with Crippen molar-refractivity contribution in [2.75, 3.05) is 0 Å². The number of fused-ring (bicyclic) bond motifs is 1. The molecular weight excluding hydrogens is 356 g/mol. The number of benzene rings is 2. The van der Waals surface area contributed by atoms with Gasteiger partial charge in [-0.25, -0.2) is 4.39 Å². The van der Waals surface area contributed by atoms with Crippen LogP contribution in [0.4, 0.5) is 17.6 Å². The van der Waals surface area contributed by atoms with Gasteiger partial charge in [0, 0.05) is 5.56 Å². The van der Waals surface area contributed by atoms with Gasteiger partial charge in [0.2, 0.25) is 0 Å². The number of alkyl halides is 3. The molecule has 0 saturated carbocycles. The number of halogens is 4. The summed E-state index contributed by atoms with van der Waals surface area (Å²) in [5.41, 5.74) is 3.20. The first-order chi connectivity index (χ1) is 12.9. The monoisotopic (exact) mass is 380 g/mol. The molecule has 0 fully saturated rings. The molecule has 1 nitrogen and oxygen atoms in total. The van der Waals surface area contributed by atoms with Gasteiger partial charge >= 0.3 is 6.36 Å². The van der Waals surface area contributed by atoms with Crippen LogP contribution in [0.15, 0.2) is 36.4 Å². The highest BCUT2D eigenvalue weighted by molar-refractivity contribution is 5.66. The molecule has 2 aromatic rings. The Morgan fingerprint density at radius 1 is 1.04 bits per heavy atom. The molecule has 0 radical (unpaired) electrons. The van der Waals surface area contributed by atoms with Gasteiger partial charge in [-0.3, -0.25) is 0 Å². The van der Waals surface area contributed by atoms with Crippen molar-refractivity contribution in [3.05, 3.63) is 53.3 Å². The van der Waals surface area contributed by atoms with E-state index in [1.807, 2.05) is 6.07 Å². The van der Waals surface area contributed by atoms with E-state index in [0.717, 1.165) is 30.4 Å². The standard InChI is InChI=1S/C22H24F4O/c1-2-3-4-5-15-6-7-17-13-20(21(23)14-18(17)12-15)16-8-10-19(11-9-16)27-22(24,25)26/h8-11,13-15H,2-7,12H2,1H3. The van der Waals surface area contributed by atoms with Gasteiger partial charge in [-0.15, -0.1) is 13.2 Å². The Morgan fingerprint density at radius 2 is 1.78 bits per heavy atom. The minimum Gasteiger partial charge on any atom is -0.406 e. The minimum absolute atomic E-state index is 0.306. The molecule has 0 aromatic heterocycles. The van der Waals surface area contributed by atoms with E-state index in [9.17, 15) is 17.6 Å². The van der Waals surface area contributed by atoms with Crippen LogP contribution in [-0.4, -0.2) is 6.36 Å². The molecule has 1 unspecified atom stereocenters. The van der Waals surface area contributed by atoms with Gasteiger partial charge in [0.05, 0.1) is 0 Å². The van der Waals surface area contributed by atoms with Crippen molar-refractivity contribution in [2.24, 2.45) is 5.92 Å². The average molecular weight is 380 g/mol. The second kappa shape index (κ2) is 8.32. The Balaban J connectivity index is 1.75. The molecule has 2 aromatic carbocycles. The quantitative estimate of drug-likeness (QED) is 0.384. The lowest BCUT2D eigenvalue weighted by Gasteiger charge is -2.25. The molecule has 0 heterocycles. The average Bonchev–Trinajstić information content (AvgIpc) is 2.61. The summed E-state index contributed by atoms with van der Waals surface area (Å²) >= 11 is 0. The van der Waals surface area contributed by atoms with Crippen LogP contribution in [-0.2, 0) is 12.8 Å². The maximum absolute atomic E-state index is 14.7. The third-order valence-corrected chi connectivity index (χ3v) is 5.23. The van der Waals surface area contributed by atoms with Crippen LogP contribution in [0.25, 0.3) is 11.1 Å². The van der Waals surface area contributed by atoms with E-state index in [2.05, 4.69) is 11.7 Å². The lowest BCUT2D eigenvalue weighted by molar-refractivity contribution is -0.274. The SMILES string of the molecule is CCCCCC1CCc2cc(-c3ccc(OC(F)(F)F)cc3)c(F)cc2C1. The Kier molecular flexibility index (Phi) is 6.08.